The number of fused-ring (bicyclic) bond motifs is 2. The summed E-state index contributed by atoms with van der Waals surface area (Å²) < 4.78 is 50.0. The first kappa shape index (κ1) is 81.2. The first-order valence-corrected chi connectivity index (χ1v) is 39.8. The Morgan fingerprint density at radius 2 is 0.931 bits per heavy atom. The zero-order valence-electron chi connectivity index (χ0n) is 65.5. The van der Waals surface area contributed by atoms with E-state index in [0.29, 0.717) is 55.8 Å². The summed E-state index contributed by atoms with van der Waals surface area (Å²) in [6.07, 6.45) is 23.0. The average Bonchev–Trinajstić information content (AvgIpc) is 1.12. The van der Waals surface area contributed by atoms with Crippen molar-refractivity contribution in [2.24, 2.45) is 98.1 Å². The van der Waals surface area contributed by atoms with Crippen LogP contribution in [0.2, 0.25) is 0 Å². The minimum atomic E-state index is -0.842. The van der Waals surface area contributed by atoms with E-state index < -0.39 is 63.0 Å². The molecule has 578 valence electrons. The van der Waals surface area contributed by atoms with Crippen LogP contribution in [-0.2, 0) is 85.8 Å². The predicted octanol–water partition coefficient (Wildman–Crippen LogP) is 14.4. The van der Waals surface area contributed by atoms with Crippen molar-refractivity contribution in [2.75, 3.05) is 13.2 Å². The topological polar surface area (TPSA) is 277 Å². The quantitative estimate of drug-likeness (QED) is 0.0798. The van der Waals surface area contributed by atoms with Crippen LogP contribution in [-0.4, -0.2) is 130 Å². The lowest BCUT2D eigenvalue weighted by Crippen LogP contribution is -2.67. The highest BCUT2D eigenvalue weighted by molar-refractivity contribution is 5.82. The molecule has 102 heavy (non-hydrogen) atoms. The van der Waals surface area contributed by atoms with E-state index in [2.05, 4.69) is 27.7 Å². The Balaban J connectivity index is 0.000000149. The molecule has 3 heterocycles. The molecule has 16 fully saturated rings. The van der Waals surface area contributed by atoms with Gasteiger partial charge < -0.3 is 52.8 Å². The summed E-state index contributed by atoms with van der Waals surface area (Å²) in [5.74, 6) is 2.31. The molecule has 12 atom stereocenters. The van der Waals surface area contributed by atoms with Crippen molar-refractivity contribution in [1.82, 2.24) is 0 Å². The van der Waals surface area contributed by atoms with Crippen molar-refractivity contribution in [1.29, 1.82) is 0 Å². The second-order valence-corrected chi connectivity index (χ2v) is 37.8. The number of ether oxygens (including phenoxy) is 9. The highest BCUT2D eigenvalue weighted by atomic mass is 16.6. The van der Waals surface area contributed by atoms with Crippen LogP contribution in [0.3, 0.4) is 0 Å². The number of hydrogen-bond acceptors (Lipinski definition) is 20. The van der Waals surface area contributed by atoms with Gasteiger partial charge in [-0.2, -0.15) is 0 Å². The zero-order chi connectivity index (χ0) is 75.3. The van der Waals surface area contributed by atoms with Crippen LogP contribution in [0.25, 0.3) is 0 Å². The molecule has 2 N–H and O–H groups in total. The fraction of sp³-hybridized carbons (Fsp3) is 0.890. The van der Waals surface area contributed by atoms with Gasteiger partial charge >= 0.3 is 53.7 Å². The predicted molar refractivity (Wildman–Crippen MR) is 379 cm³/mol. The van der Waals surface area contributed by atoms with E-state index in [1.165, 1.54) is 44.9 Å². The zero-order valence-corrected chi connectivity index (χ0v) is 65.5. The summed E-state index contributed by atoms with van der Waals surface area (Å²) in [4.78, 5) is 109. The van der Waals surface area contributed by atoms with Gasteiger partial charge in [0, 0.05) is 37.0 Å². The number of esters is 9. The standard InChI is InChI=1S/C19H32O2.C18H26O6.C16H22O6.C16H26O4.C13H24O2/c1-6-18(4,5)17(20)21-19(12(2)3)15-8-13-7-14(10-15)11-16(19)9-13;1-4-18(2,3)17(21)22-9-14(19)24-15-11-5-10-6-12(8-11)16(20)23-13(15)7-10;1-4-16(2,3)15(19)20-7-11(17)21-12-8-5-9-10(6-8)14(18)22-13(9)12;1-4-13(2,3)12(17)20-16-7-11-5-14(18,9-16)8-15(19,6-11)10-16;1-5-12(3,4)11(14)15-13(6-2)9-7-8-10-13/h12-16H,6-11H2,1-5H3;10-13,15H,4-9H2,1-3H3;8-10,12-13H,4-7H2,1-3H3;11,18-19H,4-10H2,1-3H3;5-10H2,1-4H3. The van der Waals surface area contributed by atoms with E-state index in [0.717, 1.165) is 108 Å². The maximum absolute atomic E-state index is 12.8. The first-order chi connectivity index (χ1) is 47.5. The van der Waals surface area contributed by atoms with Gasteiger partial charge in [0.15, 0.2) is 13.2 Å². The Labute approximate surface area is 608 Å². The summed E-state index contributed by atoms with van der Waals surface area (Å²) in [6, 6.07) is 0. The Morgan fingerprint density at radius 1 is 0.480 bits per heavy atom. The molecule has 0 aromatic carbocycles. The summed E-state index contributed by atoms with van der Waals surface area (Å²) in [6.45, 7) is 34.6. The molecule has 12 unspecified atom stereocenters. The van der Waals surface area contributed by atoms with Crippen molar-refractivity contribution < 1.29 is 96.0 Å². The van der Waals surface area contributed by atoms with Crippen LogP contribution < -0.4 is 0 Å². The third-order valence-electron chi connectivity index (χ3n) is 27.9. The van der Waals surface area contributed by atoms with E-state index in [9.17, 15) is 53.4 Å². The number of hydrogen-bond donors (Lipinski definition) is 2. The molecule has 20 nitrogen and oxygen atoms in total. The summed E-state index contributed by atoms with van der Waals surface area (Å²) in [5.41, 5.74) is -5.05. The molecule has 14 bridgehead atoms. The Hall–Kier alpha value is -4.85. The largest absolute Gasteiger partial charge is 0.459 e. The first-order valence-electron chi connectivity index (χ1n) is 39.8. The molecule has 20 heteroatoms. The molecule has 13 aliphatic carbocycles. The highest BCUT2D eigenvalue weighted by Crippen LogP contribution is 2.64. The average molecular weight is 1440 g/mol. The normalized spacial score (nSPS) is 36.4. The minimum absolute atomic E-state index is 0.00636. The van der Waals surface area contributed by atoms with Crippen molar-refractivity contribution in [2.45, 2.75) is 350 Å². The molecule has 0 aromatic heterocycles. The number of carbonyl (C=O) groups excluding carboxylic acids is 9. The minimum Gasteiger partial charge on any atom is -0.459 e. The number of rotatable bonds is 21. The Morgan fingerprint density at radius 3 is 1.40 bits per heavy atom. The van der Waals surface area contributed by atoms with Crippen molar-refractivity contribution in [3.8, 4) is 0 Å². The van der Waals surface area contributed by atoms with Gasteiger partial charge in [0.25, 0.3) is 0 Å². The van der Waals surface area contributed by atoms with Gasteiger partial charge in [-0.05, 0) is 265 Å². The molecule has 16 rings (SSSR count). The van der Waals surface area contributed by atoms with E-state index in [-0.39, 0.29) is 119 Å². The van der Waals surface area contributed by atoms with Crippen molar-refractivity contribution in [3.63, 3.8) is 0 Å². The van der Waals surface area contributed by atoms with Crippen LogP contribution in [0, 0.1) is 98.1 Å². The maximum Gasteiger partial charge on any atom is 0.344 e. The summed E-state index contributed by atoms with van der Waals surface area (Å²) >= 11 is 0. The molecular formula is C82H130O20. The maximum atomic E-state index is 12.8. The van der Waals surface area contributed by atoms with Gasteiger partial charge in [-0.15, -0.1) is 0 Å². The second-order valence-electron chi connectivity index (χ2n) is 37.8. The molecule has 3 aliphatic heterocycles. The van der Waals surface area contributed by atoms with Crippen LogP contribution in [0.4, 0.5) is 0 Å². The van der Waals surface area contributed by atoms with Gasteiger partial charge in [-0.3, -0.25) is 33.6 Å². The number of aliphatic hydroxyl groups is 2. The van der Waals surface area contributed by atoms with E-state index in [1.54, 1.807) is 27.7 Å². The lowest BCUT2D eigenvalue weighted by molar-refractivity contribution is -0.264. The van der Waals surface area contributed by atoms with E-state index in [1.807, 2.05) is 69.2 Å². The molecular weight excluding hydrogens is 1300 g/mol. The van der Waals surface area contributed by atoms with Gasteiger partial charge in [0.1, 0.15) is 41.2 Å². The van der Waals surface area contributed by atoms with E-state index in [4.69, 9.17) is 42.6 Å². The monoisotopic (exact) mass is 1430 g/mol. The van der Waals surface area contributed by atoms with Crippen LogP contribution >= 0.6 is 0 Å². The van der Waals surface area contributed by atoms with Gasteiger partial charge in [0.05, 0.1) is 50.1 Å². The summed E-state index contributed by atoms with van der Waals surface area (Å²) in [7, 11) is 0. The lowest BCUT2D eigenvalue weighted by Gasteiger charge is -2.62. The van der Waals surface area contributed by atoms with E-state index >= 15 is 0 Å². The van der Waals surface area contributed by atoms with Crippen molar-refractivity contribution in [3.05, 3.63) is 0 Å². The molecule has 13 saturated carbocycles. The summed E-state index contributed by atoms with van der Waals surface area (Å²) in [5, 5.41) is 21.3. The number of carbonyl (C=O) groups is 9. The fourth-order valence-corrected chi connectivity index (χ4v) is 20.3. The molecule has 0 spiro atoms. The van der Waals surface area contributed by atoms with Gasteiger partial charge in [0.2, 0.25) is 0 Å². The molecule has 0 aromatic rings. The van der Waals surface area contributed by atoms with Gasteiger partial charge in [-0.1, -0.05) is 55.4 Å². The van der Waals surface area contributed by atoms with Crippen LogP contribution in [0.15, 0.2) is 0 Å². The Bertz CT molecular complexity index is 3010. The smallest absolute Gasteiger partial charge is 0.344 e. The molecule has 0 radical (unpaired) electrons. The van der Waals surface area contributed by atoms with Gasteiger partial charge in [-0.25, -0.2) is 9.59 Å². The third-order valence-corrected chi connectivity index (χ3v) is 27.9. The third kappa shape index (κ3) is 17.4. The highest BCUT2D eigenvalue weighted by Gasteiger charge is 2.67. The Kier molecular flexibility index (Phi) is 24.5. The van der Waals surface area contributed by atoms with Crippen LogP contribution in [0.1, 0.15) is 298 Å². The SMILES string of the molecule is CCC(C)(C)C(=O)OC1(C(C)C)C2CC3CC(C2)CC1C3.CCC(C)(C)C(=O)OC12CC3CC(O)(CC(O)(C3)C1)C2.CCC(C)(C)C(=O)OCC(=O)OC1C2CC3C(=O)OC1C3C2.CCC(C)(C)C(=O)OCC(=O)OC1C2CC3CC(C2)C(=O)OC1C3.CCC1(OC(=O)C(C)(C)CC)CCCC1. The fourth-order valence-electron chi connectivity index (χ4n) is 20.3. The second kappa shape index (κ2) is 30.8. The van der Waals surface area contributed by atoms with Crippen molar-refractivity contribution >= 4 is 53.7 Å². The molecule has 16 aliphatic rings. The van der Waals surface area contributed by atoms with Crippen LogP contribution in [0.5, 0.6) is 0 Å². The molecule has 3 saturated heterocycles. The molecule has 0 amide bonds. The lowest BCUT2D eigenvalue weighted by atomic mass is 9.47.